The topological polar surface area (TPSA) is 61.8 Å². The minimum absolute atomic E-state index is 0.0368. The number of halogens is 3. The summed E-state index contributed by atoms with van der Waals surface area (Å²) in [5, 5.41) is 11.5. The molecule has 0 bridgehead atoms. The molecule has 0 saturated heterocycles. The fourth-order valence-corrected chi connectivity index (χ4v) is 1.75. The smallest absolute Gasteiger partial charge is 0.401 e. The molecule has 0 spiro atoms. The molecule has 0 atom stereocenters. The number of amidine groups is 1. The fourth-order valence-electron chi connectivity index (χ4n) is 1.75. The number of hydrogen-bond donors (Lipinski definition) is 2. The van der Waals surface area contributed by atoms with Gasteiger partial charge in [-0.3, -0.25) is 4.90 Å². The van der Waals surface area contributed by atoms with Crippen LogP contribution in [0.25, 0.3) is 0 Å². The van der Waals surface area contributed by atoms with Crippen LogP contribution in [-0.4, -0.2) is 41.3 Å². The molecule has 18 heavy (non-hydrogen) atoms. The van der Waals surface area contributed by atoms with Crippen LogP contribution in [0.2, 0.25) is 0 Å². The van der Waals surface area contributed by atoms with Gasteiger partial charge in [-0.15, -0.1) is 0 Å². The molecular formula is C11H20F3N3O. The quantitative estimate of drug-likeness (QED) is 0.335. The molecule has 0 unspecified atom stereocenters. The monoisotopic (exact) mass is 267 g/mol. The second kappa shape index (κ2) is 5.34. The van der Waals surface area contributed by atoms with E-state index in [1.807, 2.05) is 0 Å². The first-order valence-corrected chi connectivity index (χ1v) is 5.94. The van der Waals surface area contributed by atoms with Gasteiger partial charge in [-0.2, -0.15) is 13.2 Å². The first-order chi connectivity index (χ1) is 8.15. The van der Waals surface area contributed by atoms with Gasteiger partial charge in [0.1, 0.15) is 5.84 Å². The minimum atomic E-state index is -4.18. The first-order valence-electron chi connectivity index (χ1n) is 5.94. The summed E-state index contributed by atoms with van der Waals surface area (Å²) in [5.41, 5.74) is 4.91. The molecule has 0 heterocycles. The molecule has 0 aromatic rings. The van der Waals surface area contributed by atoms with Crippen molar-refractivity contribution in [2.24, 2.45) is 16.3 Å². The van der Waals surface area contributed by atoms with Crippen LogP contribution in [0, 0.1) is 5.41 Å². The van der Waals surface area contributed by atoms with Crippen LogP contribution in [0.4, 0.5) is 13.2 Å². The Morgan fingerprint density at radius 3 is 2.33 bits per heavy atom. The molecule has 7 heteroatoms. The van der Waals surface area contributed by atoms with E-state index in [9.17, 15) is 13.2 Å². The lowest BCUT2D eigenvalue weighted by Crippen LogP contribution is -2.40. The second-order valence-corrected chi connectivity index (χ2v) is 5.44. The number of nitrogens with two attached hydrogens (primary N) is 1. The number of rotatable bonds is 6. The Bertz CT molecular complexity index is 311. The second-order valence-electron chi connectivity index (χ2n) is 5.44. The van der Waals surface area contributed by atoms with Crippen LogP contribution in [0.3, 0.4) is 0 Å². The normalized spacial score (nSPS) is 18.4. The van der Waals surface area contributed by atoms with Crippen molar-refractivity contribution in [3.05, 3.63) is 0 Å². The largest absolute Gasteiger partial charge is 0.409 e. The molecular weight excluding hydrogens is 247 g/mol. The van der Waals surface area contributed by atoms with E-state index in [4.69, 9.17) is 10.9 Å². The third kappa shape index (κ3) is 4.72. The van der Waals surface area contributed by atoms with Gasteiger partial charge in [0, 0.05) is 11.5 Å². The number of oxime groups is 1. The Labute approximate surface area is 105 Å². The van der Waals surface area contributed by atoms with Crippen LogP contribution in [-0.2, 0) is 0 Å². The van der Waals surface area contributed by atoms with Crippen LogP contribution in [0.1, 0.15) is 33.1 Å². The van der Waals surface area contributed by atoms with Crippen LogP contribution in [0.15, 0.2) is 5.16 Å². The van der Waals surface area contributed by atoms with E-state index in [-0.39, 0.29) is 11.9 Å². The zero-order valence-corrected chi connectivity index (χ0v) is 10.7. The summed E-state index contributed by atoms with van der Waals surface area (Å²) in [6, 6.07) is 0.0368. The van der Waals surface area contributed by atoms with Gasteiger partial charge in [-0.05, 0) is 25.8 Å². The molecule has 1 rings (SSSR count). The van der Waals surface area contributed by atoms with Gasteiger partial charge < -0.3 is 10.9 Å². The summed E-state index contributed by atoms with van der Waals surface area (Å²) in [7, 11) is 0. The van der Waals surface area contributed by atoms with Gasteiger partial charge in [0.15, 0.2) is 0 Å². The van der Waals surface area contributed by atoms with E-state index >= 15 is 0 Å². The summed E-state index contributed by atoms with van der Waals surface area (Å²) >= 11 is 0. The Balaban J connectivity index is 2.53. The molecule has 106 valence electrons. The predicted octanol–water partition coefficient (Wildman–Crippen LogP) is 2.18. The highest BCUT2D eigenvalue weighted by molar-refractivity contribution is 5.85. The van der Waals surface area contributed by atoms with Gasteiger partial charge >= 0.3 is 6.18 Å². The van der Waals surface area contributed by atoms with Gasteiger partial charge in [0.05, 0.1) is 6.54 Å². The third-order valence-electron chi connectivity index (χ3n) is 3.27. The zero-order valence-electron chi connectivity index (χ0n) is 10.7. The van der Waals surface area contributed by atoms with Crippen molar-refractivity contribution in [1.82, 2.24) is 4.90 Å². The van der Waals surface area contributed by atoms with E-state index in [1.165, 1.54) is 4.90 Å². The third-order valence-corrected chi connectivity index (χ3v) is 3.27. The lowest BCUT2D eigenvalue weighted by atomic mass is 9.88. The van der Waals surface area contributed by atoms with Gasteiger partial charge in [-0.25, -0.2) is 0 Å². The zero-order chi connectivity index (χ0) is 14.0. The molecule has 1 fully saturated rings. The average Bonchev–Trinajstić information content (AvgIpc) is 3.05. The Kier molecular flexibility index (Phi) is 4.47. The highest BCUT2D eigenvalue weighted by atomic mass is 19.4. The van der Waals surface area contributed by atoms with Crippen LogP contribution >= 0.6 is 0 Å². The number of nitrogens with zero attached hydrogens (tertiary/aromatic N) is 2. The van der Waals surface area contributed by atoms with Gasteiger partial charge in [0.25, 0.3) is 0 Å². The summed E-state index contributed by atoms with van der Waals surface area (Å²) < 4.78 is 37.2. The highest BCUT2D eigenvalue weighted by Crippen LogP contribution is 2.32. The van der Waals surface area contributed by atoms with Crippen LogP contribution < -0.4 is 5.73 Å². The van der Waals surface area contributed by atoms with E-state index in [2.05, 4.69) is 5.16 Å². The molecule has 4 nitrogen and oxygen atoms in total. The predicted molar refractivity (Wildman–Crippen MR) is 62.5 cm³/mol. The number of hydrogen-bond acceptors (Lipinski definition) is 3. The summed E-state index contributed by atoms with van der Waals surface area (Å²) in [4.78, 5) is 1.44. The molecule has 1 aliphatic rings. The van der Waals surface area contributed by atoms with Crippen molar-refractivity contribution in [3.63, 3.8) is 0 Å². The van der Waals surface area contributed by atoms with Crippen molar-refractivity contribution in [1.29, 1.82) is 0 Å². The van der Waals surface area contributed by atoms with E-state index in [0.29, 0.717) is 13.0 Å². The number of alkyl halides is 3. The summed E-state index contributed by atoms with van der Waals surface area (Å²) in [6.45, 7) is 2.92. The molecule has 1 aliphatic carbocycles. The lowest BCUT2D eigenvalue weighted by molar-refractivity contribution is -0.147. The Morgan fingerprint density at radius 1 is 1.39 bits per heavy atom. The van der Waals surface area contributed by atoms with E-state index in [0.717, 1.165) is 12.8 Å². The maximum Gasteiger partial charge on any atom is 0.401 e. The summed E-state index contributed by atoms with van der Waals surface area (Å²) in [5.74, 6) is 0.0465. The highest BCUT2D eigenvalue weighted by Gasteiger charge is 2.38. The molecule has 3 N–H and O–H groups in total. The SMILES string of the molecule is CC(C)(CCN(CC(F)(F)F)C1CC1)C(N)=NO. The van der Waals surface area contributed by atoms with E-state index < -0.39 is 18.1 Å². The van der Waals surface area contributed by atoms with E-state index in [1.54, 1.807) is 13.8 Å². The van der Waals surface area contributed by atoms with Crippen molar-refractivity contribution in [2.75, 3.05) is 13.1 Å². The molecule has 1 saturated carbocycles. The Morgan fingerprint density at radius 2 is 1.94 bits per heavy atom. The van der Waals surface area contributed by atoms with Crippen molar-refractivity contribution < 1.29 is 18.4 Å². The van der Waals surface area contributed by atoms with Crippen LogP contribution in [0.5, 0.6) is 0 Å². The van der Waals surface area contributed by atoms with Crippen molar-refractivity contribution in [2.45, 2.75) is 45.3 Å². The summed E-state index contributed by atoms with van der Waals surface area (Å²) in [6.07, 6.45) is -2.11. The molecule has 0 aromatic carbocycles. The van der Waals surface area contributed by atoms with Crippen molar-refractivity contribution >= 4 is 5.84 Å². The maximum atomic E-state index is 12.4. The maximum absolute atomic E-state index is 12.4. The lowest BCUT2D eigenvalue weighted by Gasteiger charge is -2.29. The van der Waals surface area contributed by atoms with Gasteiger partial charge in [-0.1, -0.05) is 19.0 Å². The first kappa shape index (κ1) is 15.1. The Hall–Kier alpha value is -0.980. The fraction of sp³-hybridized carbons (Fsp3) is 0.909. The molecule has 0 radical (unpaired) electrons. The molecule has 0 aliphatic heterocycles. The standard InChI is InChI=1S/C11H20F3N3O/c1-10(2,9(15)16-18)5-6-17(8-3-4-8)7-11(12,13)14/h8,18H,3-7H2,1-2H3,(H2,15,16). The average molecular weight is 267 g/mol. The molecule has 0 amide bonds. The van der Waals surface area contributed by atoms with Gasteiger partial charge in [0.2, 0.25) is 0 Å². The minimum Gasteiger partial charge on any atom is -0.409 e. The molecule has 0 aromatic heterocycles. The van der Waals surface area contributed by atoms with Crippen molar-refractivity contribution in [3.8, 4) is 0 Å².